The van der Waals surface area contributed by atoms with E-state index < -0.39 is 17.2 Å². The molecule has 1 aromatic rings. The SMILES string of the molecule is COC(=O)c1c(N2CCN(C(C)C)C(C(C)(C)C)C2)ccc(C(C)(C)C)c1F. The third-order valence-corrected chi connectivity index (χ3v) is 5.74. The topological polar surface area (TPSA) is 32.8 Å². The first-order valence-electron chi connectivity index (χ1n) is 10.2. The van der Waals surface area contributed by atoms with Crippen molar-refractivity contribution in [1.29, 1.82) is 0 Å². The van der Waals surface area contributed by atoms with Gasteiger partial charge in [0.2, 0.25) is 0 Å². The highest BCUT2D eigenvalue weighted by atomic mass is 19.1. The molecule has 0 aliphatic carbocycles. The number of nitrogens with zero attached hydrogens (tertiary/aromatic N) is 2. The summed E-state index contributed by atoms with van der Waals surface area (Å²) in [6.45, 7) is 19.4. The smallest absolute Gasteiger partial charge is 0.342 e. The van der Waals surface area contributed by atoms with E-state index in [4.69, 9.17) is 4.74 Å². The molecule has 0 spiro atoms. The van der Waals surface area contributed by atoms with Gasteiger partial charge in [0.05, 0.1) is 12.8 Å². The Balaban J connectivity index is 2.52. The standard InChI is InChI=1S/C23H37FN2O2/c1-15(2)26-13-12-25(14-18(26)23(6,7)8)17-11-10-16(22(3,4)5)20(24)19(17)21(27)28-9/h10-11,15,18H,12-14H2,1-9H3. The van der Waals surface area contributed by atoms with Crippen LogP contribution in [0.5, 0.6) is 0 Å². The summed E-state index contributed by atoms with van der Waals surface area (Å²) in [7, 11) is 1.31. The highest BCUT2D eigenvalue weighted by molar-refractivity contribution is 5.96. The van der Waals surface area contributed by atoms with Crippen molar-refractivity contribution in [3.63, 3.8) is 0 Å². The highest BCUT2D eigenvalue weighted by Crippen LogP contribution is 2.36. The zero-order valence-electron chi connectivity index (χ0n) is 19.0. The molecule has 4 nitrogen and oxygen atoms in total. The molecule has 0 N–H and O–H groups in total. The van der Waals surface area contributed by atoms with E-state index in [-0.39, 0.29) is 11.0 Å². The van der Waals surface area contributed by atoms with Crippen molar-refractivity contribution in [2.45, 2.75) is 72.9 Å². The lowest BCUT2D eigenvalue weighted by Crippen LogP contribution is -2.60. The Hall–Kier alpha value is -1.62. The molecule has 2 rings (SSSR count). The second kappa shape index (κ2) is 8.02. The van der Waals surface area contributed by atoms with Gasteiger partial charge in [-0.15, -0.1) is 0 Å². The second-order valence-corrected chi connectivity index (χ2v) is 10.2. The van der Waals surface area contributed by atoms with Crippen molar-refractivity contribution in [3.8, 4) is 0 Å². The van der Waals surface area contributed by atoms with Crippen LogP contribution in [0.4, 0.5) is 10.1 Å². The van der Waals surface area contributed by atoms with Crippen LogP contribution in [0, 0.1) is 11.2 Å². The maximum Gasteiger partial charge on any atom is 0.342 e. The molecule has 0 radical (unpaired) electrons. The minimum absolute atomic E-state index is 0.0561. The molecule has 0 amide bonds. The largest absolute Gasteiger partial charge is 0.465 e. The Morgan fingerprint density at radius 1 is 1.14 bits per heavy atom. The molecule has 1 aromatic carbocycles. The Labute approximate surface area is 170 Å². The number of carbonyl (C=O) groups excluding carboxylic acids is 1. The fraction of sp³-hybridized carbons (Fsp3) is 0.696. The minimum atomic E-state index is -0.614. The molecule has 1 aliphatic heterocycles. The molecule has 1 aliphatic rings. The fourth-order valence-corrected chi connectivity index (χ4v) is 4.11. The first-order valence-corrected chi connectivity index (χ1v) is 10.2. The molecular weight excluding hydrogens is 355 g/mol. The van der Waals surface area contributed by atoms with Crippen molar-refractivity contribution >= 4 is 11.7 Å². The Morgan fingerprint density at radius 2 is 1.75 bits per heavy atom. The molecule has 1 heterocycles. The normalized spacial score (nSPS) is 19.2. The monoisotopic (exact) mass is 392 g/mol. The second-order valence-electron chi connectivity index (χ2n) is 10.2. The molecule has 0 saturated carbocycles. The Morgan fingerprint density at radius 3 is 2.21 bits per heavy atom. The average Bonchev–Trinajstić information content (AvgIpc) is 2.58. The number of esters is 1. The first kappa shape index (κ1) is 22.7. The van der Waals surface area contributed by atoms with Crippen molar-refractivity contribution in [2.75, 3.05) is 31.6 Å². The quantitative estimate of drug-likeness (QED) is 0.688. The van der Waals surface area contributed by atoms with Crippen LogP contribution < -0.4 is 4.90 Å². The number of hydrogen-bond donors (Lipinski definition) is 0. The lowest BCUT2D eigenvalue weighted by atomic mass is 9.82. The molecule has 28 heavy (non-hydrogen) atoms. The van der Waals surface area contributed by atoms with E-state index in [1.165, 1.54) is 7.11 Å². The molecule has 0 aromatic heterocycles. The number of rotatable bonds is 3. The predicted molar refractivity (Wildman–Crippen MR) is 114 cm³/mol. The van der Waals surface area contributed by atoms with Crippen LogP contribution in [-0.2, 0) is 10.2 Å². The molecule has 1 unspecified atom stereocenters. The van der Waals surface area contributed by atoms with Crippen molar-refractivity contribution in [3.05, 3.63) is 29.1 Å². The van der Waals surface area contributed by atoms with Gasteiger partial charge >= 0.3 is 5.97 Å². The van der Waals surface area contributed by atoms with E-state index >= 15 is 4.39 Å². The van der Waals surface area contributed by atoms with Gasteiger partial charge in [0.25, 0.3) is 0 Å². The number of methoxy groups -OCH3 is 1. The molecule has 158 valence electrons. The summed E-state index contributed by atoms with van der Waals surface area (Å²) in [5.74, 6) is -1.08. The average molecular weight is 393 g/mol. The zero-order chi connectivity index (χ0) is 21.4. The predicted octanol–water partition coefficient (Wildman–Crippen LogP) is 4.85. The number of piperazine rings is 1. The van der Waals surface area contributed by atoms with Crippen LogP contribution in [0.3, 0.4) is 0 Å². The van der Waals surface area contributed by atoms with Crippen molar-refractivity contribution in [1.82, 2.24) is 4.90 Å². The number of halogens is 1. The highest BCUT2D eigenvalue weighted by Gasteiger charge is 2.38. The van der Waals surface area contributed by atoms with Gasteiger partial charge in [0.15, 0.2) is 0 Å². The third-order valence-electron chi connectivity index (χ3n) is 5.74. The molecule has 1 atom stereocenters. The van der Waals surface area contributed by atoms with E-state index in [0.29, 0.717) is 23.3 Å². The van der Waals surface area contributed by atoms with Gasteiger partial charge in [-0.2, -0.15) is 0 Å². The van der Waals surface area contributed by atoms with E-state index in [0.717, 1.165) is 19.6 Å². The van der Waals surface area contributed by atoms with Gasteiger partial charge in [0.1, 0.15) is 11.4 Å². The summed E-state index contributed by atoms with van der Waals surface area (Å²) >= 11 is 0. The minimum Gasteiger partial charge on any atom is -0.465 e. The summed E-state index contributed by atoms with van der Waals surface area (Å²) in [6.07, 6.45) is 0. The molecule has 5 heteroatoms. The maximum absolute atomic E-state index is 15.4. The van der Waals surface area contributed by atoms with Crippen LogP contribution in [0.2, 0.25) is 0 Å². The van der Waals surface area contributed by atoms with Crippen LogP contribution >= 0.6 is 0 Å². The number of ether oxygens (including phenoxy) is 1. The van der Waals surface area contributed by atoms with Crippen molar-refractivity contribution in [2.24, 2.45) is 5.41 Å². The Kier molecular flexibility index (Phi) is 6.49. The number of hydrogen-bond acceptors (Lipinski definition) is 4. The van der Waals surface area contributed by atoms with E-state index in [9.17, 15) is 4.79 Å². The maximum atomic E-state index is 15.4. The van der Waals surface area contributed by atoms with Gasteiger partial charge in [-0.1, -0.05) is 47.6 Å². The third kappa shape index (κ3) is 4.51. The molecule has 1 fully saturated rings. The van der Waals surface area contributed by atoms with Gasteiger partial charge < -0.3 is 9.64 Å². The van der Waals surface area contributed by atoms with Crippen LogP contribution in [-0.4, -0.2) is 49.7 Å². The van der Waals surface area contributed by atoms with Gasteiger partial charge in [0, 0.05) is 31.7 Å². The number of benzene rings is 1. The zero-order valence-corrected chi connectivity index (χ0v) is 19.0. The summed E-state index contributed by atoms with van der Waals surface area (Å²) in [4.78, 5) is 17.2. The van der Waals surface area contributed by atoms with Crippen LogP contribution in [0.15, 0.2) is 12.1 Å². The van der Waals surface area contributed by atoms with Crippen LogP contribution in [0.25, 0.3) is 0 Å². The van der Waals surface area contributed by atoms with E-state index in [1.54, 1.807) is 0 Å². The lowest BCUT2D eigenvalue weighted by molar-refractivity contribution is 0.0575. The Bertz CT molecular complexity index is 717. The number of carbonyl (C=O) groups is 1. The fourth-order valence-electron chi connectivity index (χ4n) is 4.11. The van der Waals surface area contributed by atoms with E-state index in [2.05, 4.69) is 44.4 Å². The van der Waals surface area contributed by atoms with Gasteiger partial charge in [-0.3, -0.25) is 4.90 Å². The summed E-state index contributed by atoms with van der Waals surface area (Å²) in [5.41, 5.74) is 0.897. The number of anilines is 1. The van der Waals surface area contributed by atoms with Crippen molar-refractivity contribution < 1.29 is 13.9 Å². The van der Waals surface area contributed by atoms with Gasteiger partial charge in [-0.25, -0.2) is 9.18 Å². The lowest BCUT2D eigenvalue weighted by Gasteiger charge is -2.50. The summed E-state index contributed by atoms with van der Waals surface area (Å²) in [5, 5.41) is 0. The van der Waals surface area contributed by atoms with Gasteiger partial charge in [-0.05, 0) is 36.3 Å². The summed E-state index contributed by atoms with van der Waals surface area (Å²) < 4.78 is 20.4. The molecular formula is C23H37FN2O2. The molecule has 1 saturated heterocycles. The first-order chi connectivity index (χ1) is 12.8. The van der Waals surface area contributed by atoms with E-state index in [1.807, 2.05) is 32.9 Å². The van der Waals surface area contributed by atoms with Crippen LogP contribution in [0.1, 0.15) is 71.3 Å². The molecule has 0 bridgehead atoms. The summed E-state index contributed by atoms with van der Waals surface area (Å²) in [6, 6.07) is 4.45.